The number of aliphatic hydroxyl groups is 3. The smallest absolute Gasteiger partial charge is 0.411 e. The van der Waals surface area contributed by atoms with Gasteiger partial charge in [-0.05, 0) is 52.7 Å². The van der Waals surface area contributed by atoms with Gasteiger partial charge in [0.15, 0.2) is 0 Å². The third-order valence-electron chi connectivity index (χ3n) is 7.49. The first kappa shape index (κ1) is 30.7. The Bertz CT molecular complexity index is 797. The Morgan fingerprint density at radius 2 is 1.89 bits per heavy atom. The van der Waals surface area contributed by atoms with Crippen molar-refractivity contribution in [2.75, 3.05) is 19.4 Å². The van der Waals surface area contributed by atoms with Gasteiger partial charge in [0.1, 0.15) is 41.5 Å². The number of ether oxygens (including phenoxy) is 3. The molecule has 2 amide bonds. The molecule has 4 N–H and O–H groups in total. The highest BCUT2D eigenvalue weighted by Gasteiger charge is 2.53. The van der Waals surface area contributed by atoms with Crippen LogP contribution in [0.4, 0.5) is 4.79 Å². The molecule has 0 aromatic carbocycles. The van der Waals surface area contributed by atoms with Gasteiger partial charge in [0, 0.05) is 19.1 Å². The zero-order valence-corrected chi connectivity index (χ0v) is 24.1. The Morgan fingerprint density at radius 1 is 1.22 bits per heavy atom. The van der Waals surface area contributed by atoms with E-state index < -0.39 is 71.0 Å². The van der Waals surface area contributed by atoms with E-state index in [9.17, 15) is 24.9 Å². The van der Waals surface area contributed by atoms with Gasteiger partial charge in [0.25, 0.3) is 0 Å². The summed E-state index contributed by atoms with van der Waals surface area (Å²) in [5.41, 5.74) is -1.56. The van der Waals surface area contributed by atoms with Crippen LogP contribution in [0.15, 0.2) is 0 Å². The second-order valence-electron chi connectivity index (χ2n) is 11.4. The lowest BCUT2D eigenvalue weighted by molar-refractivity contribution is -0.205. The fourth-order valence-corrected chi connectivity index (χ4v) is 6.39. The van der Waals surface area contributed by atoms with Gasteiger partial charge < -0.3 is 34.8 Å². The summed E-state index contributed by atoms with van der Waals surface area (Å²) in [7, 11) is 0. The van der Waals surface area contributed by atoms with E-state index in [0.29, 0.717) is 19.1 Å². The van der Waals surface area contributed by atoms with Crippen LogP contribution in [0.5, 0.6) is 0 Å². The van der Waals surface area contributed by atoms with Crippen molar-refractivity contribution in [2.24, 2.45) is 11.8 Å². The van der Waals surface area contributed by atoms with Crippen LogP contribution in [0.1, 0.15) is 53.9 Å². The lowest BCUT2D eigenvalue weighted by Crippen LogP contribution is -2.65. The van der Waals surface area contributed by atoms with E-state index in [4.69, 9.17) is 25.8 Å². The molecule has 0 aromatic rings. The van der Waals surface area contributed by atoms with Gasteiger partial charge in [0.2, 0.25) is 5.91 Å². The van der Waals surface area contributed by atoms with Crippen LogP contribution in [0, 0.1) is 11.8 Å². The van der Waals surface area contributed by atoms with E-state index in [0.717, 1.165) is 19.3 Å². The number of rotatable bonds is 6. The summed E-state index contributed by atoms with van der Waals surface area (Å²) in [6.07, 6.45) is -2.03. The summed E-state index contributed by atoms with van der Waals surface area (Å²) < 4.78 is 17.7. The number of hydrogen-bond acceptors (Lipinski definition) is 9. The topological polar surface area (TPSA) is 138 Å². The standard InChI is InChI=1S/C25H43ClN2O8S/c1-7-13-8-9-34-20-14(10-13)11-28(24(33)36-25(3,4)5)16(20)22(32)27-15(12(2)26)21-18(30)17(29)19(31)23(35-21)37-6/h12-21,23,29-31H,7-11H2,1-6H3,(H,27,32)/t12-,13+,14-,15+,16-,17?,18?,19+,20+,21+,23?/m0/s1. The van der Waals surface area contributed by atoms with Crippen LogP contribution in [-0.2, 0) is 19.0 Å². The van der Waals surface area contributed by atoms with Gasteiger partial charge in [-0.2, -0.15) is 0 Å². The van der Waals surface area contributed by atoms with Gasteiger partial charge in [-0.3, -0.25) is 9.69 Å². The highest BCUT2D eigenvalue weighted by Crippen LogP contribution is 2.37. The molecule has 10 nitrogen and oxygen atoms in total. The fourth-order valence-electron chi connectivity index (χ4n) is 5.50. The van der Waals surface area contributed by atoms with Crippen LogP contribution in [0.3, 0.4) is 0 Å². The van der Waals surface area contributed by atoms with E-state index in [1.165, 1.54) is 16.7 Å². The number of carbonyl (C=O) groups is 2. The Morgan fingerprint density at radius 3 is 2.46 bits per heavy atom. The summed E-state index contributed by atoms with van der Waals surface area (Å²) in [4.78, 5) is 28.5. The van der Waals surface area contributed by atoms with Gasteiger partial charge >= 0.3 is 6.09 Å². The molecule has 37 heavy (non-hydrogen) atoms. The first-order valence-electron chi connectivity index (χ1n) is 13.1. The molecular weight excluding hydrogens is 524 g/mol. The summed E-state index contributed by atoms with van der Waals surface area (Å²) in [5, 5.41) is 33.5. The number of halogens is 1. The number of likely N-dealkylation sites (tertiary alicyclic amines) is 1. The molecule has 0 aromatic heterocycles. The van der Waals surface area contributed by atoms with Crippen LogP contribution >= 0.6 is 23.4 Å². The van der Waals surface area contributed by atoms with Crippen LogP contribution in [-0.4, -0.2) is 111 Å². The quantitative estimate of drug-likeness (QED) is 0.354. The SMILES string of the molecule is CC[C@@H]1CCO[C@@H]2[C@@H](C1)CN(C(=O)OC(C)(C)C)[C@@H]2C(=O)N[C@H]([C@H](C)Cl)[C@H]1OC(SC)[C@H](O)C(O)C1O. The van der Waals surface area contributed by atoms with Crippen LogP contribution in [0.2, 0.25) is 0 Å². The number of carbonyl (C=O) groups excluding carboxylic acids is 2. The Balaban J connectivity index is 1.87. The Labute approximate surface area is 228 Å². The van der Waals surface area contributed by atoms with Crippen LogP contribution in [0.25, 0.3) is 0 Å². The summed E-state index contributed by atoms with van der Waals surface area (Å²) in [5.74, 6) is -0.0880. The minimum atomic E-state index is -1.48. The minimum absolute atomic E-state index is 0.0306. The van der Waals surface area contributed by atoms with Crippen molar-refractivity contribution >= 4 is 35.4 Å². The van der Waals surface area contributed by atoms with Gasteiger partial charge in [0.05, 0.1) is 17.5 Å². The summed E-state index contributed by atoms with van der Waals surface area (Å²) >= 11 is 7.64. The average Bonchev–Trinajstić information content (AvgIpc) is 3.05. The second-order valence-corrected chi connectivity index (χ2v) is 13.0. The molecule has 3 unspecified atom stereocenters. The number of hydrogen-bond donors (Lipinski definition) is 4. The number of amides is 2. The molecule has 3 saturated heterocycles. The van der Waals surface area contributed by atoms with Crippen molar-refractivity contribution in [2.45, 2.75) is 113 Å². The van der Waals surface area contributed by atoms with E-state index in [1.54, 1.807) is 34.0 Å². The Kier molecular flexibility index (Phi) is 10.4. The molecule has 3 aliphatic rings. The van der Waals surface area contributed by atoms with Gasteiger partial charge in [-0.15, -0.1) is 23.4 Å². The lowest BCUT2D eigenvalue weighted by atomic mass is 9.88. The number of nitrogens with zero attached hydrogens (tertiary/aromatic N) is 1. The normalized spacial score (nSPS) is 38.3. The predicted octanol–water partition coefficient (Wildman–Crippen LogP) is 1.71. The molecule has 0 spiro atoms. The van der Waals surface area contributed by atoms with Gasteiger partial charge in [-0.25, -0.2) is 4.79 Å². The molecule has 0 bridgehead atoms. The monoisotopic (exact) mass is 566 g/mol. The third-order valence-corrected chi connectivity index (χ3v) is 8.61. The van der Waals surface area contributed by atoms with Crippen molar-refractivity contribution < 1.29 is 39.1 Å². The number of thioether (sulfide) groups is 1. The molecular formula is C25H43ClN2O8S. The summed E-state index contributed by atoms with van der Waals surface area (Å²) in [6, 6.07) is -1.88. The highest BCUT2D eigenvalue weighted by atomic mass is 35.5. The molecule has 3 fully saturated rings. The number of aliphatic hydroxyl groups excluding tert-OH is 3. The number of fused-ring (bicyclic) bond motifs is 1. The largest absolute Gasteiger partial charge is 0.444 e. The lowest BCUT2D eigenvalue weighted by Gasteiger charge is -2.44. The second kappa shape index (κ2) is 12.6. The van der Waals surface area contributed by atoms with Crippen molar-refractivity contribution in [1.29, 1.82) is 0 Å². The van der Waals surface area contributed by atoms with Crippen molar-refractivity contribution in [3.05, 3.63) is 0 Å². The molecule has 3 heterocycles. The van der Waals surface area contributed by atoms with Crippen molar-refractivity contribution in [3.8, 4) is 0 Å². The maximum Gasteiger partial charge on any atom is 0.411 e. The van der Waals surface area contributed by atoms with Crippen molar-refractivity contribution in [3.63, 3.8) is 0 Å². The maximum absolute atomic E-state index is 13.9. The zero-order chi connectivity index (χ0) is 27.7. The molecule has 0 aliphatic carbocycles. The van der Waals surface area contributed by atoms with Crippen LogP contribution < -0.4 is 5.32 Å². The van der Waals surface area contributed by atoms with Gasteiger partial charge in [-0.1, -0.05) is 13.3 Å². The molecule has 12 heteroatoms. The van der Waals surface area contributed by atoms with E-state index in [1.807, 2.05) is 0 Å². The number of nitrogens with one attached hydrogen (secondary N) is 1. The Hall–Kier alpha value is -0.820. The van der Waals surface area contributed by atoms with E-state index >= 15 is 0 Å². The van der Waals surface area contributed by atoms with E-state index in [-0.39, 0.29) is 5.92 Å². The number of alkyl halides is 1. The molecule has 214 valence electrons. The molecule has 3 aliphatic heterocycles. The zero-order valence-electron chi connectivity index (χ0n) is 22.5. The molecule has 3 rings (SSSR count). The first-order valence-corrected chi connectivity index (χ1v) is 14.8. The van der Waals surface area contributed by atoms with E-state index in [2.05, 4.69) is 12.2 Å². The van der Waals surface area contributed by atoms with Crippen molar-refractivity contribution in [1.82, 2.24) is 10.2 Å². The fraction of sp³-hybridized carbons (Fsp3) is 0.920. The molecule has 0 radical (unpaired) electrons. The molecule has 11 atom stereocenters. The molecule has 0 saturated carbocycles. The minimum Gasteiger partial charge on any atom is -0.444 e. The average molecular weight is 567 g/mol. The summed E-state index contributed by atoms with van der Waals surface area (Å²) in [6.45, 7) is 9.91. The predicted molar refractivity (Wildman–Crippen MR) is 140 cm³/mol. The first-order chi connectivity index (χ1) is 17.3. The third kappa shape index (κ3) is 7.04. The highest BCUT2D eigenvalue weighted by molar-refractivity contribution is 7.99. The maximum atomic E-state index is 13.9.